The second-order valence-corrected chi connectivity index (χ2v) is 7.85. The Morgan fingerprint density at radius 2 is 1.82 bits per heavy atom. The molecule has 1 heterocycles. The van der Waals surface area contributed by atoms with Gasteiger partial charge in [0.2, 0.25) is 12.3 Å². The number of carbonyl (C=O) groups excluding carboxylic acids is 2. The summed E-state index contributed by atoms with van der Waals surface area (Å²) in [6.07, 6.45) is 3.13. The summed E-state index contributed by atoms with van der Waals surface area (Å²) in [4.78, 5) is 28.0. The van der Waals surface area contributed by atoms with Gasteiger partial charge in [-0.3, -0.25) is 9.59 Å². The molecule has 128 valence electrons. The van der Waals surface area contributed by atoms with E-state index in [9.17, 15) is 9.59 Å². The molecule has 1 saturated heterocycles. The Hall–Kier alpha value is -1.10. The van der Waals surface area contributed by atoms with Gasteiger partial charge in [0.1, 0.15) is 6.04 Å². The molecule has 1 aliphatic heterocycles. The Bertz CT molecular complexity index is 371. The van der Waals surface area contributed by atoms with Gasteiger partial charge in [-0.05, 0) is 37.3 Å². The summed E-state index contributed by atoms with van der Waals surface area (Å²) in [5, 5.41) is 2.71. The van der Waals surface area contributed by atoms with Gasteiger partial charge >= 0.3 is 0 Å². The summed E-state index contributed by atoms with van der Waals surface area (Å²) >= 11 is 0. The molecule has 1 N–H and O–H groups in total. The molecule has 22 heavy (non-hydrogen) atoms. The first-order valence-corrected chi connectivity index (χ1v) is 8.37. The first-order valence-electron chi connectivity index (χ1n) is 8.37. The fraction of sp³-hybridized carbons (Fsp3) is 0.882. The molecule has 0 aromatic carbocycles. The van der Waals surface area contributed by atoms with E-state index in [-0.39, 0.29) is 17.4 Å². The van der Waals surface area contributed by atoms with Gasteiger partial charge in [-0.15, -0.1) is 0 Å². The SMILES string of the molecule is CC(C)C(CN1CCCC1)N(C)C(=O)C(NC=O)C(C)(C)C. The fourth-order valence-corrected chi connectivity index (χ4v) is 3.14. The van der Waals surface area contributed by atoms with Crippen molar-refractivity contribution in [2.75, 3.05) is 26.7 Å². The Morgan fingerprint density at radius 1 is 1.27 bits per heavy atom. The van der Waals surface area contributed by atoms with Crippen LogP contribution in [0.15, 0.2) is 0 Å². The zero-order valence-corrected chi connectivity index (χ0v) is 15.1. The highest BCUT2D eigenvalue weighted by molar-refractivity contribution is 5.84. The highest BCUT2D eigenvalue weighted by Gasteiger charge is 2.36. The number of nitrogens with one attached hydrogen (secondary N) is 1. The van der Waals surface area contributed by atoms with Gasteiger partial charge in [0.15, 0.2) is 0 Å². The molecule has 5 heteroatoms. The van der Waals surface area contributed by atoms with E-state index in [0.29, 0.717) is 12.3 Å². The molecule has 0 bridgehead atoms. The van der Waals surface area contributed by atoms with Crippen LogP contribution in [0.5, 0.6) is 0 Å². The van der Waals surface area contributed by atoms with E-state index in [1.54, 1.807) is 0 Å². The van der Waals surface area contributed by atoms with Gasteiger partial charge < -0.3 is 15.1 Å². The van der Waals surface area contributed by atoms with Crippen molar-refractivity contribution in [3.63, 3.8) is 0 Å². The Balaban J connectivity index is 2.83. The molecular formula is C17H33N3O2. The number of hydrogen-bond donors (Lipinski definition) is 1. The average Bonchev–Trinajstić information content (AvgIpc) is 2.92. The standard InChI is InChI=1S/C17H33N3O2/c1-13(2)14(11-20-9-7-8-10-20)19(6)16(22)15(18-12-21)17(3,4)5/h12-15H,7-11H2,1-6H3,(H,18,21). The zero-order chi connectivity index (χ0) is 16.9. The number of amides is 2. The fourth-order valence-electron chi connectivity index (χ4n) is 3.14. The van der Waals surface area contributed by atoms with E-state index >= 15 is 0 Å². The van der Waals surface area contributed by atoms with E-state index in [1.165, 1.54) is 12.8 Å². The normalized spacial score (nSPS) is 19.0. The van der Waals surface area contributed by atoms with Crippen molar-refractivity contribution in [1.29, 1.82) is 0 Å². The predicted molar refractivity (Wildman–Crippen MR) is 89.5 cm³/mol. The van der Waals surface area contributed by atoms with Crippen LogP contribution in [0.25, 0.3) is 0 Å². The van der Waals surface area contributed by atoms with E-state index in [1.807, 2.05) is 32.7 Å². The molecule has 1 fully saturated rings. The highest BCUT2D eigenvalue weighted by Crippen LogP contribution is 2.23. The molecule has 0 radical (unpaired) electrons. The maximum absolute atomic E-state index is 12.9. The van der Waals surface area contributed by atoms with Gasteiger partial charge in [-0.25, -0.2) is 0 Å². The lowest BCUT2D eigenvalue weighted by molar-refractivity contribution is -0.139. The van der Waals surface area contributed by atoms with Crippen LogP contribution < -0.4 is 5.32 Å². The summed E-state index contributed by atoms with van der Waals surface area (Å²) in [6, 6.07) is -0.321. The molecule has 2 unspecified atom stereocenters. The topological polar surface area (TPSA) is 52.6 Å². The number of nitrogens with zero attached hydrogens (tertiary/aromatic N) is 2. The van der Waals surface area contributed by atoms with Crippen molar-refractivity contribution in [2.45, 2.75) is 59.5 Å². The maximum atomic E-state index is 12.9. The molecule has 1 rings (SSSR count). The summed E-state index contributed by atoms with van der Waals surface area (Å²) < 4.78 is 0. The van der Waals surface area contributed by atoms with Crippen molar-refractivity contribution in [3.05, 3.63) is 0 Å². The van der Waals surface area contributed by atoms with E-state index in [0.717, 1.165) is 19.6 Å². The smallest absolute Gasteiger partial charge is 0.245 e. The van der Waals surface area contributed by atoms with Crippen LogP contribution in [0.1, 0.15) is 47.5 Å². The van der Waals surface area contributed by atoms with Crippen LogP contribution in [0.2, 0.25) is 0 Å². The van der Waals surface area contributed by atoms with Crippen molar-refractivity contribution < 1.29 is 9.59 Å². The Labute approximate surface area is 135 Å². The molecule has 2 amide bonds. The minimum atomic E-state index is -0.491. The van der Waals surface area contributed by atoms with Crippen LogP contribution in [-0.2, 0) is 9.59 Å². The quantitative estimate of drug-likeness (QED) is 0.729. The molecule has 0 spiro atoms. The minimum Gasteiger partial charge on any atom is -0.346 e. The largest absolute Gasteiger partial charge is 0.346 e. The number of likely N-dealkylation sites (N-methyl/N-ethyl adjacent to an activating group) is 1. The summed E-state index contributed by atoms with van der Waals surface area (Å²) in [6.45, 7) is 13.4. The third-order valence-electron chi connectivity index (χ3n) is 4.61. The van der Waals surface area contributed by atoms with Crippen molar-refractivity contribution >= 4 is 12.3 Å². The number of rotatable bonds is 7. The Morgan fingerprint density at radius 3 is 2.23 bits per heavy atom. The van der Waals surface area contributed by atoms with Gasteiger partial charge in [0.05, 0.1) is 0 Å². The average molecular weight is 311 g/mol. The molecule has 0 aromatic heterocycles. The van der Waals surface area contributed by atoms with Crippen LogP contribution in [0, 0.1) is 11.3 Å². The van der Waals surface area contributed by atoms with Crippen LogP contribution in [-0.4, -0.2) is 60.9 Å². The van der Waals surface area contributed by atoms with E-state index in [4.69, 9.17) is 0 Å². The van der Waals surface area contributed by atoms with Crippen molar-refractivity contribution in [1.82, 2.24) is 15.1 Å². The molecule has 1 aliphatic rings. The molecule has 0 aromatic rings. The summed E-state index contributed by atoms with van der Waals surface area (Å²) in [7, 11) is 1.87. The van der Waals surface area contributed by atoms with Gasteiger partial charge in [0.25, 0.3) is 0 Å². The third kappa shape index (κ3) is 4.97. The zero-order valence-electron chi connectivity index (χ0n) is 15.1. The number of likely N-dealkylation sites (tertiary alicyclic amines) is 1. The van der Waals surface area contributed by atoms with Gasteiger partial charge in [0, 0.05) is 19.6 Å². The van der Waals surface area contributed by atoms with Crippen LogP contribution in [0.3, 0.4) is 0 Å². The highest BCUT2D eigenvalue weighted by atomic mass is 16.2. The summed E-state index contributed by atoms with van der Waals surface area (Å²) in [5.41, 5.74) is -0.304. The van der Waals surface area contributed by atoms with Crippen LogP contribution in [0.4, 0.5) is 0 Å². The van der Waals surface area contributed by atoms with E-state index in [2.05, 4.69) is 24.1 Å². The van der Waals surface area contributed by atoms with Crippen LogP contribution >= 0.6 is 0 Å². The first-order chi connectivity index (χ1) is 10.2. The van der Waals surface area contributed by atoms with Crippen molar-refractivity contribution in [3.8, 4) is 0 Å². The molecule has 5 nitrogen and oxygen atoms in total. The number of carbonyl (C=O) groups is 2. The molecule has 0 aliphatic carbocycles. The van der Waals surface area contributed by atoms with E-state index < -0.39 is 6.04 Å². The molecular weight excluding hydrogens is 278 g/mol. The monoisotopic (exact) mass is 311 g/mol. The van der Waals surface area contributed by atoms with Crippen molar-refractivity contribution in [2.24, 2.45) is 11.3 Å². The van der Waals surface area contributed by atoms with Gasteiger partial charge in [-0.2, -0.15) is 0 Å². The first kappa shape index (κ1) is 18.9. The maximum Gasteiger partial charge on any atom is 0.245 e. The molecule has 2 atom stereocenters. The lowest BCUT2D eigenvalue weighted by atomic mass is 9.85. The second kappa shape index (κ2) is 7.95. The second-order valence-electron chi connectivity index (χ2n) is 7.85. The predicted octanol–water partition coefficient (Wildman–Crippen LogP) is 1.73. The Kier molecular flexibility index (Phi) is 6.85. The molecule has 0 saturated carbocycles. The van der Waals surface area contributed by atoms with Gasteiger partial charge in [-0.1, -0.05) is 34.6 Å². The number of hydrogen-bond acceptors (Lipinski definition) is 3. The third-order valence-corrected chi connectivity index (χ3v) is 4.61. The lowest BCUT2D eigenvalue weighted by Crippen LogP contribution is -2.56. The lowest BCUT2D eigenvalue weighted by Gasteiger charge is -2.39. The summed E-state index contributed by atoms with van der Waals surface area (Å²) in [5.74, 6) is 0.379. The minimum absolute atomic E-state index is 0.00232.